The molecule has 0 unspecified atom stereocenters. The number of thioether (sulfide) groups is 1. The predicted octanol–water partition coefficient (Wildman–Crippen LogP) is 5.57. The number of hydrogen-bond donors (Lipinski definition) is 1. The topological polar surface area (TPSA) is 56.2 Å². The molecule has 5 nitrogen and oxygen atoms in total. The molecule has 4 rings (SSSR count). The van der Waals surface area contributed by atoms with Gasteiger partial charge in [-0.3, -0.25) is 4.79 Å². The summed E-state index contributed by atoms with van der Waals surface area (Å²) in [5, 5.41) is 2.74. The lowest BCUT2D eigenvalue weighted by Gasteiger charge is -2.13. The number of aromatic nitrogens is 2. The highest BCUT2D eigenvalue weighted by molar-refractivity contribution is 7.99. The Morgan fingerprint density at radius 3 is 2.52 bits per heavy atom. The zero-order chi connectivity index (χ0) is 21.6. The molecule has 1 amide bonds. The summed E-state index contributed by atoms with van der Waals surface area (Å²) in [7, 11) is 0. The number of ether oxygens (including phenoxy) is 1. The molecule has 0 aliphatic heterocycles. The van der Waals surface area contributed by atoms with E-state index in [1.54, 1.807) is 28.8 Å². The van der Waals surface area contributed by atoms with Crippen LogP contribution in [0.3, 0.4) is 0 Å². The fourth-order valence-corrected chi connectivity index (χ4v) is 3.77. The van der Waals surface area contributed by atoms with Crippen molar-refractivity contribution in [2.45, 2.75) is 23.8 Å². The van der Waals surface area contributed by atoms with E-state index in [1.807, 2.05) is 54.6 Å². The lowest BCUT2D eigenvalue weighted by Crippen LogP contribution is -2.21. The van der Waals surface area contributed by atoms with Gasteiger partial charge < -0.3 is 14.6 Å². The first kappa shape index (κ1) is 20.9. The Labute approximate surface area is 182 Å². The minimum Gasteiger partial charge on any atom is -0.486 e. The van der Waals surface area contributed by atoms with Gasteiger partial charge in [-0.05, 0) is 36.4 Å². The largest absolute Gasteiger partial charge is 0.486 e. The molecule has 8 heteroatoms. The zero-order valence-corrected chi connectivity index (χ0v) is 17.2. The summed E-state index contributed by atoms with van der Waals surface area (Å²) in [5.41, 5.74) is 1.89. The summed E-state index contributed by atoms with van der Waals surface area (Å²) >= 11 is 0.399. The van der Waals surface area contributed by atoms with Crippen LogP contribution in [0.4, 0.5) is 14.5 Å². The molecule has 31 heavy (non-hydrogen) atoms. The van der Waals surface area contributed by atoms with Gasteiger partial charge in [0.05, 0.1) is 16.7 Å². The second-order valence-electron chi connectivity index (χ2n) is 6.63. The number of carbonyl (C=O) groups excluding carboxylic acids is 1. The number of imidazole rings is 1. The van der Waals surface area contributed by atoms with Crippen LogP contribution in [0, 0.1) is 0 Å². The quantitative estimate of drug-likeness (QED) is 0.365. The maximum Gasteiger partial charge on any atom is 0.288 e. The molecule has 0 saturated heterocycles. The van der Waals surface area contributed by atoms with Crippen molar-refractivity contribution < 1.29 is 18.3 Å². The summed E-state index contributed by atoms with van der Waals surface area (Å²) in [5.74, 6) is -1.62. The second-order valence-corrected chi connectivity index (χ2v) is 7.66. The number of carbonyl (C=O) groups is 1. The van der Waals surface area contributed by atoms with E-state index in [-0.39, 0.29) is 19.1 Å². The van der Waals surface area contributed by atoms with Crippen LogP contribution in [0.5, 0.6) is 5.75 Å². The van der Waals surface area contributed by atoms with Gasteiger partial charge >= 0.3 is 0 Å². The minimum absolute atomic E-state index is 0.0261. The maximum absolute atomic E-state index is 12.8. The standard InChI is InChI=1S/C23H19F2N3O2S/c24-23(25)31-20-13-7-5-11-18(20)27-22(29)14-28-19-12-6-4-10-17(19)26-21(28)15-30-16-8-2-1-3-9-16/h1-13,23H,14-15H2,(H,27,29). The normalized spacial score (nSPS) is 11.1. The molecular weight excluding hydrogens is 420 g/mol. The third-order valence-electron chi connectivity index (χ3n) is 4.52. The molecule has 0 bridgehead atoms. The number of rotatable bonds is 8. The van der Waals surface area contributed by atoms with Crippen LogP contribution in [-0.2, 0) is 17.9 Å². The molecule has 0 aliphatic rings. The summed E-state index contributed by atoms with van der Waals surface area (Å²) in [4.78, 5) is 17.7. The Morgan fingerprint density at radius 2 is 1.71 bits per heavy atom. The zero-order valence-electron chi connectivity index (χ0n) is 16.4. The molecule has 0 saturated carbocycles. The lowest BCUT2D eigenvalue weighted by atomic mass is 10.3. The van der Waals surface area contributed by atoms with Crippen LogP contribution in [0.1, 0.15) is 5.82 Å². The number of hydrogen-bond acceptors (Lipinski definition) is 4. The lowest BCUT2D eigenvalue weighted by molar-refractivity contribution is -0.116. The Morgan fingerprint density at radius 1 is 1.00 bits per heavy atom. The van der Waals surface area contributed by atoms with E-state index in [0.717, 1.165) is 11.0 Å². The van der Waals surface area contributed by atoms with E-state index in [4.69, 9.17) is 4.74 Å². The van der Waals surface area contributed by atoms with Crippen molar-refractivity contribution in [2.75, 3.05) is 5.32 Å². The molecule has 158 valence electrons. The van der Waals surface area contributed by atoms with Crippen LogP contribution < -0.4 is 10.1 Å². The van der Waals surface area contributed by atoms with Crippen molar-refractivity contribution in [1.82, 2.24) is 9.55 Å². The number of alkyl halides is 2. The van der Waals surface area contributed by atoms with Gasteiger partial charge in [-0.25, -0.2) is 4.98 Å². The van der Waals surface area contributed by atoms with E-state index in [1.165, 1.54) is 0 Å². The molecule has 0 aliphatic carbocycles. The molecule has 0 radical (unpaired) electrons. The van der Waals surface area contributed by atoms with Gasteiger partial charge in [-0.15, -0.1) is 0 Å². The Hall–Kier alpha value is -3.39. The summed E-state index contributed by atoms with van der Waals surface area (Å²) in [6, 6.07) is 23.3. The van der Waals surface area contributed by atoms with Crippen molar-refractivity contribution in [3.05, 3.63) is 84.7 Å². The molecule has 0 atom stereocenters. The third-order valence-corrected chi connectivity index (χ3v) is 5.31. The van der Waals surface area contributed by atoms with Crippen LogP contribution >= 0.6 is 11.8 Å². The molecule has 3 aromatic carbocycles. The van der Waals surface area contributed by atoms with E-state index >= 15 is 0 Å². The summed E-state index contributed by atoms with van der Waals surface area (Å²) in [6.07, 6.45) is 0. The van der Waals surface area contributed by atoms with Gasteiger partial charge in [0.25, 0.3) is 5.76 Å². The highest BCUT2D eigenvalue weighted by Gasteiger charge is 2.16. The highest BCUT2D eigenvalue weighted by atomic mass is 32.2. The first-order valence-electron chi connectivity index (χ1n) is 9.56. The number of nitrogens with zero attached hydrogens (tertiary/aromatic N) is 2. The number of anilines is 1. The molecule has 1 N–H and O–H groups in total. The number of nitrogens with one attached hydrogen (secondary N) is 1. The third kappa shape index (κ3) is 5.21. The predicted molar refractivity (Wildman–Crippen MR) is 117 cm³/mol. The number of halogens is 2. The molecule has 1 aromatic heterocycles. The average molecular weight is 439 g/mol. The Bertz CT molecular complexity index is 1180. The van der Waals surface area contributed by atoms with E-state index < -0.39 is 5.76 Å². The second kappa shape index (κ2) is 9.61. The molecule has 0 fully saturated rings. The molecule has 4 aromatic rings. The first-order valence-corrected chi connectivity index (χ1v) is 10.4. The van der Waals surface area contributed by atoms with Gasteiger partial charge in [0, 0.05) is 4.90 Å². The minimum atomic E-state index is -2.57. The first-order chi connectivity index (χ1) is 15.1. The van der Waals surface area contributed by atoms with Gasteiger partial charge in [-0.1, -0.05) is 54.2 Å². The van der Waals surface area contributed by atoms with Crippen molar-refractivity contribution in [3.8, 4) is 5.75 Å². The van der Waals surface area contributed by atoms with Gasteiger partial charge in [0.15, 0.2) is 0 Å². The van der Waals surface area contributed by atoms with Crippen LogP contribution in [-0.4, -0.2) is 21.2 Å². The van der Waals surface area contributed by atoms with Crippen LogP contribution in [0.15, 0.2) is 83.8 Å². The molecule has 1 heterocycles. The SMILES string of the molecule is O=C(Cn1c(COc2ccccc2)nc2ccccc21)Nc1ccccc1SC(F)F. The highest BCUT2D eigenvalue weighted by Crippen LogP contribution is 2.31. The van der Waals surface area contributed by atoms with Crippen LogP contribution in [0.2, 0.25) is 0 Å². The Kier molecular flexibility index (Phi) is 6.47. The van der Waals surface area contributed by atoms with Gasteiger partial charge in [0.1, 0.15) is 24.7 Å². The van der Waals surface area contributed by atoms with Crippen molar-refractivity contribution in [2.24, 2.45) is 0 Å². The average Bonchev–Trinajstić information content (AvgIpc) is 3.11. The maximum atomic E-state index is 12.8. The number of amides is 1. The molecule has 0 spiro atoms. The van der Waals surface area contributed by atoms with Crippen molar-refractivity contribution in [3.63, 3.8) is 0 Å². The van der Waals surface area contributed by atoms with E-state index in [2.05, 4.69) is 10.3 Å². The molecular formula is C23H19F2N3O2S. The number of fused-ring (bicyclic) bond motifs is 1. The van der Waals surface area contributed by atoms with Crippen molar-refractivity contribution in [1.29, 1.82) is 0 Å². The smallest absolute Gasteiger partial charge is 0.288 e. The Balaban J connectivity index is 1.55. The number of benzene rings is 3. The van der Waals surface area contributed by atoms with Gasteiger partial charge in [-0.2, -0.15) is 8.78 Å². The van der Waals surface area contributed by atoms with Crippen molar-refractivity contribution >= 4 is 34.4 Å². The summed E-state index contributed by atoms with van der Waals surface area (Å²) in [6.45, 7) is 0.158. The fraction of sp³-hybridized carbons (Fsp3) is 0.130. The van der Waals surface area contributed by atoms with Gasteiger partial charge in [0.2, 0.25) is 5.91 Å². The number of para-hydroxylation sites is 4. The van der Waals surface area contributed by atoms with E-state index in [9.17, 15) is 13.6 Å². The fourth-order valence-electron chi connectivity index (χ4n) is 3.18. The van der Waals surface area contributed by atoms with Crippen LogP contribution in [0.25, 0.3) is 11.0 Å². The monoisotopic (exact) mass is 439 g/mol. The summed E-state index contributed by atoms with van der Waals surface area (Å²) < 4.78 is 33.2. The van der Waals surface area contributed by atoms with E-state index in [0.29, 0.717) is 33.9 Å².